The van der Waals surface area contributed by atoms with Crippen LogP contribution in [0.5, 0.6) is 0 Å². The molecule has 0 atom stereocenters. The van der Waals surface area contributed by atoms with Crippen molar-refractivity contribution in [2.24, 2.45) is 0 Å². The van der Waals surface area contributed by atoms with Gasteiger partial charge in [-0.25, -0.2) is 12.8 Å². The number of hydrogen-bond acceptors (Lipinski definition) is 5. The van der Waals surface area contributed by atoms with Gasteiger partial charge in [-0.2, -0.15) is 0 Å². The van der Waals surface area contributed by atoms with E-state index in [2.05, 4.69) is 0 Å². The second kappa shape index (κ2) is 7.34. The number of halogens is 1. The summed E-state index contributed by atoms with van der Waals surface area (Å²) in [5.74, 6) is -0.915. The summed E-state index contributed by atoms with van der Waals surface area (Å²) < 4.78 is 48.9. The fourth-order valence-electron chi connectivity index (χ4n) is 3.13. The van der Waals surface area contributed by atoms with Crippen LogP contribution in [-0.2, 0) is 24.9 Å². The molecule has 1 heterocycles. The average Bonchev–Trinajstić information content (AvgIpc) is 2.81. The summed E-state index contributed by atoms with van der Waals surface area (Å²) >= 11 is 0. The van der Waals surface area contributed by atoms with E-state index in [0.717, 1.165) is 6.26 Å². The van der Waals surface area contributed by atoms with E-state index in [9.17, 15) is 17.6 Å². The third kappa shape index (κ3) is 4.60. The maximum atomic E-state index is 13.3. The van der Waals surface area contributed by atoms with E-state index in [0.29, 0.717) is 22.2 Å². The molecule has 154 valence electrons. The zero-order valence-electron chi connectivity index (χ0n) is 17.2. The molecule has 29 heavy (non-hydrogen) atoms. The van der Waals surface area contributed by atoms with Gasteiger partial charge in [-0.15, -0.1) is 0 Å². The van der Waals surface area contributed by atoms with Crippen LogP contribution in [0.2, 0.25) is 0 Å². The van der Waals surface area contributed by atoms with Crippen molar-refractivity contribution in [1.29, 1.82) is 0 Å². The molecule has 3 rings (SSSR count). The molecule has 2 aromatic carbocycles. The Bertz CT molecular complexity index is 1030. The number of carbonyl (C=O) groups is 1. The largest absolute Gasteiger partial charge is 0.495 e. The predicted octanol–water partition coefficient (Wildman–Crippen LogP) is 2.90. The van der Waals surface area contributed by atoms with Crippen molar-refractivity contribution in [2.45, 2.75) is 44.6 Å². The van der Waals surface area contributed by atoms with Gasteiger partial charge in [0.05, 0.1) is 17.0 Å². The van der Waals surface area contributed by atoms with Crippen LogP contribution in [0.15, 0.2) is 42.5 Å². The highest BCUT2D eigenvalue weighted by atomic mass is 32.2. The maximum absolute atomic E-state index is 13.3. The van der Waals surface area contributed by atoms with E-state index in [1.165, 1.54) is 24.3 Å². The summed E-state index contributed by atoms with van der Waals surface area (Å²) in [6.07, 6.45) is 1.15. The number of ketones is 1. The zero-order valence-corrected chi connectivity index (χ0v) is 18.0. The Morgan fingerprint density at radius 2 is 1.55 bits per heavy atom. The van der Waals surface area contributed by atoms with Crippen LogP contribution in [0, 0.1) is 5.82 Å². The summed E-state index contributed by atoms with van der Waals surface area (Å²) in [6.45, 7) is 7.59. The van der Waals surface area contributed by atoms with E-state index in [-0.39, 0.29) is 11.5 Å². The number of hydrogen-bond donors (Lipinski definition) is 0. The van der Waals surface area contributed by atoms with Crippen molar-refractivity contribution < 1.29 is 26.9 Å². The fourth-order valence-corrected chi connectivity index (χ4v) is 3.92. The lowest BCUT2D eigenvalue weighted by Gasteiger charge is -2.32. The van der Waals surface area contributed by atoms with Gasteiger partial charge in [0.15, 0.2) is 15.6 Å². The molecule has 5 nitrogen and oxygen atoms in total. The third-order valence-corrected chi connectivity index (χ3v) is 6.26. The van der Waals surface area contributed by atoms with Gasteiger partial charge < -0.3 is 9.31 Å². The lowest BCUT2D eigenvalue weighted by molar-refractivity contribution is 0.00578. The second-order valence-corrected chi connectivity index (χ2v) is 10.6. The molecule has 0 bridgehead atoms. The third-order valence-electron chi connectivity index (χ3n) is 5.40. The summed E-state index contributed by atoms with van der Waals surface area (Å²) in [5.41, 5.74) is 0.390. The molecular weight excluding hydrogens is 394 g/mol. The van der Waals surface area contributed by atoms with Crippen LogP contribution < -0.4 is 5.46 Å². The summed E-state index contributed by atoms with van der Waals surface area (Å²) in [5, 5.41) is 0. The van der Waals surface area contributed by atoms with Crippen LogP contribution in [0.25, 0.3) is 0 Å². The van der Waals surface area contributed by atoms with Crippen molar-refractivity contribution in [2.75, 3.05) is 6.26 Å². The molecule has 0 unspecified atom stereocenters. The van der Waals surface area contributed by atoms with Crippen molar-refractivity contribution >= 4 is 28.2 Å². The minimum Gasteiger partial charge on any atom is -0.399 e. The summed E-state index contributed by atoms with van der Waals surface area (Å²) in [7, 11) is -4.10. The molecule has 0 radical (unpaired) electrons. The highest BCUT2D eigenvalue weighted by Crippen LogP contribution is 2.37. The van der Waals surface area contributed by atoms with Gasteiger partial charge in [0.25, 0.3) is 0 Å². The van der Waals surface area contributed by atoms with E-state index in [1.807, 2.05) is 27.7 Å². The Balaban J connectivity index is 2.08. The minimum atomic E-state index is -3.26. The zero-order chi connectivity index (χ0) is 21.6. The first-order valence-corrected chi connectivity index (χ1v) is 11.3. The molecule has 2 aromatic rings. The van der Waals surface area contributed by atoms with Crippen LogP contribution in [0.3, 0.4) is 0 Å². The van der Waals surface area contributed by atoms with E-state index in [1.54, 1.807) is 18.2 Å². The molecule has 0 N–H and O–H groups in total. The number of carbonyl (C=O) groups excluding carboxylic acids is 1. The quantitative estimate of drug-likeness (QED) is 0.552. The predicted molar refractivity (Wildman–Crippen MR) is 111 cm³/mol. The number of benzene rings is 2. The highest BCUT2D eigenvalue weighted by molar-refractivity contribution is 7.89. The molecule has 0 aromatic heterocycles. The van der Waals surface area contributed by atoms with Gasteiger partial charge in [-0.3, -0.25) is 4.79 Å². The SMILES string of the molecule is CC1(C)OB(c2cc(CS(C)(=O)=O)ccc2C(=O)c2ccc(F)cc2)OC1(C)C. The molecule has 0 spiro atoms. The monoisotopic (exact) mass is 418 g/mol. The van der Waals surface area contributed by atoms with Crippen LogP contribution in [0.4, 0.5) is 4.39 Å². The van der Waals surface area contributed by atoms with Crippen LogP contribution in [0.1, 0.15) is 49.2 Å². The Kier molecular flexibility index (Phi) is 5.49. The van der Waals surface area contributed by atoms with Crippen molar-refractivity contribution in [3.05, 3.63) is 65.0 Å². The van der Waals surface area contributed by atoms with Gasteiger partial charge in [0.1, 0.15) is 5.82 Å². The Hall–Kier alpha value is -2.03. The number of sulfone groups is 1. The van der Waals surface area contributed by atoms with Crippen molar-refractivity contribution in [1.82, 2.24) is 0 Å². The molecule has 8 heteroatoms. The molecule has 1 aliphatic rings. The fraction of sp³-hybridized carbons (Fsp3) is 0.381. The minimum absolute atomic E-state index is 0.162. The van der Waals surface area contributed by atoms with E-state index in [4.69, 9.17) is 9.31 Å². The first-order chi connectivity index (χ1) is 13.3. The Labute approximate surface area is 171 Å². The highest BCUT2D eigenvalue weighted by Gasteiger charge is 2.52. The van der Waals surface area contributed by atoms with Crippen molar-refractivity contribution in [3.8, 4) is 0 Å². The van der Waals surface area contributed by atoms with Crippen molar-refractivity contribution in [3.63, 3.8) is 0 Å². The van der Waals surface area contributed by atoms with Gasteiger partial charge in [-0.05, 0) is 63.0 Å². The lowest BCUT2D eigenvalue weighted by Crippen LogP contribution is -2.41. The van der Waals surface area contributed by atoms with Gasteiger partial charge in [-0.1, -0.05) is 18.2 Å². The molecule has 0 aliphatic carbocycles. The molecule has 0 amide bonds. The average molecular weight is 418 g/mol. The van der Waals surface area contributed by atoms with E-state index < -0.39 is 34.0 Å². The summed E-state index contributed by atoms with van der Waals surface area (Å²) in [4.78, 5) is 13.1. The number of rotatable bonds is 5. The Morgan fingerprint density at radius 1 is 1.00 bits per heavy atom. The normalized spacial score (nSPS) is 18.1. The van der Waals surface area contributed by atoms with E-state index >= 15 is 0 Å². The molecule has 1 aliphatic heterocycles. The van der Waals surface area contributed by atoms with Gasteiger partial charge in [0.2, 0.25) is 0 Å². The molecular formula is C21H24BFO5S. The first-order valence-electron chi connectivity index (χ1n) is 9.25. The maximum Gasteiger partial charge on any atom is 0.495 e. The topological polar surface area (TPSA) is 69.7 Å². The van der Waals surface area contributed by atoms with Gasteiger partial charge >= 0.3 is 7.12 Å². The lowest BCUT2D eigenvalue weighted by atomic mass is 9.73. The second-order valence-electron chi connectivity index (χ2n) is 8.42. The Morgan fingerprint density at radius 3 is 2.07 bits per heavy atom. The smallest absolute Gasteiger partial charge is 0.399 e. The van der Waals surface area contributed by atoms with Crippen LogP contribution in [-0.4, -0.2) is 38.8 Å². The first kappa shape index (κ1) is 21.7. The molecule has 1 fully saturated rings. The summed E-state index contributed by atoms with van der Waals surface area (Å²) in [6, 6.07) is 10.1. The standard InChI is InChI=1S/C21H24BFO5S/c1-20(2)21(3,4)28-22(27-20)18-12-14(13-29(5,25)26)6-11-17(18)19(24)15-7-9-16(23)10-8-15/h6-12H,13H2,1-5H3. The molecule has 1 saturated heterocycles. The molecule has 0 saturated carbocycles. The van der Waals surface area contributed by atoms with Crippen LogP contribution >= 0.6 is 0 Å². The van der Waals surface area contributed by atoms with Gasteiger partial charge in [0, 0.05) is 17.4 Å².